The maximum absolute atomic E-state index is 12.7. The average Bonchev–Trinajstić information content (AvgIpc) is 2.36. The number of aliphatic hydroxyl groups is 2. The van der Waals surface area contributed by atoms with Crippen molar-refractivity contribution in [1.29, 1.82) is 0 Å². The van der Waals surface area contributed by atoms with Crippen LogP contribution in [0.5, 0.6) is 0 Å². The summed E-state index contributed by atoms with van der Waals surface area (Å²) < 4.78 is 12.7. The number of halogens is 1. The summed E-state index contributed by atoms with van der Waals surface area (Å²) in [5, 5.41) is 21.2. The normalized spacial score (nSPS) is 11.3. The molecule has 1 rings (SSSR count). The summed E-state index contributed by atoms with van der Waals surface area (Å²) in [7, 11) is 0. The summed E-state index contributed by atoms with van der Waals surface area (Å²) in [5.74, 6) is -0.617. The summed E-state index contributed by atoms with van der Waals surface area (Å²) in [6.07, 6.45) is 0.910. The first-order chi connectivity index (χ1) is 8.51. The number of nitrogens with one attached hydrogen (secondary N) is 1. The molecule has 4 nitrogen and oxygen atoms in total. The van der Waals surface area contributed by atoms with Gasteiger partial charge < -0.3 is 15.5 Å². The number of carbonyl (C=O) groups is 1. The Balaban J connectivity index is 2.67. The maximum atomic E-state index is 12.7. The van der Waals surface area contributed by atoms with Crippen LogP contribution in [0.2, 0.25) is 0 Å². The second kappa shape index (κ2) is 6.47. The zero-order valence-electron chi connectivity index (χ0n) is 10.3. The molecule has 0 spiro atoms. The molecule has 0 unspecified atom stereocenters. The Bertz CT molecular complexity index is 388. The van der Waals surface area contributed by atoms with Crippen molar-refractivity contribution in [1.82, 2.24) is 5.32 Å². The van der Waals surface area contributed by atoms with Crippen LogP contribution in [-0.4, -0.2) is 34.9 Å². The number of hydrogen-bond acceptors (Lipinski definition) is 3. The van der Waals surface area contributed by atoms with Crippen molar-refractivity contribution in [2.24, 2.45) is 0 Å². The van der Waals surface area contributed by atoms with Crippen molar-refractivity contribution >= 4 is 5.91 Å². The summed E-state index contributed by atoms with van der Waals surface area (Å²) in [5.41, 5.74) is -0.145. The van der Waals surface area contributed by atoms with Crippen LogP contribution >= 0.6 is 0 Å². The molecule has 3 N–H and O–H groups in total. The molecule has 0 aromatic heterocycles. The largest absolute Gasteiger partial charge is 0.394 e. The van der Waals surface area contributed by atoms with Gasteiger partial charge in [0, 0.05) is 6.92 Å². The van der Waals surface area contributed by atoms with Crippen LogP contribution in [0.1, 0.15) is 18.9 Å². The van der Waals surface area contributed by atoms with Crippen LogP contribution in [0.3, 0.4) is 0 Å². The van der Waals surface area contributed by atoms with Gasteiger partial charge in [0.05, 0.1) is 18.8 Å². The number of benzene rings is 1. The molecule has 0 radical (unpaired) electrons. The Morgan fingerprint density at radius 1 is 1.28 bits per heavy atom. The van der Waals surface area contributed by atoms with Crippen molar-refractivity contribution in [3.63, 3.8) is 0 Å². The van der Waals surface area contributed by atoms with Gasteiger partial charge in [-0.25, -0.2) is 4.39 Å². The lowest BCUT2D eigenvalue weighted by Gasteiger charge is -2.30. The molecule has 0 saturated heterocycles. The lowest BCUT2D eigenvalue weighted by atomic mass is 9.92. The van der Waals surface area contributed by atoms with E-state index < -0.39 is 5.54 Å². The number of amides is 1. The van der Waals surface area contributed by atoms with Crippen LogP contribution < -0.4 is 5.32 Å². The van der Waals surface area contributed by atoms with Crippen LogP contribution in [0, 0.1) is 5.82 Å². The number of rotatable bonds is 6. The van der Waals surface area contributed by atoms with Crippen molar-refractivity contribution in [2.75, 3.05) is 13.2 Å². The highest BCUT2D eigenvalue weighted by Crippen LogP contribution is 2.14. The van der Waals surface area contributed by atoms with E-state index in [-0.39, 0.29) is 24.9 Å². The van der Waals surface area contributed by atoms with Gasteiger partial charge in [-0.15, -0.1) is 0 Å². The monoisotopic (exact) mass is 255 g/mol. The van der Waals surface area contributed by atoms with Crippen LogP contribution in [0.4, 0.5) is 4.39 Å². The molecule has 100 valence electrons. The van der Waals surface area contributed by atoms with Gasteiger partial charge in [0.15, 0.2) is 0 Å². The van der Waals surface area contributed by atoms with E-state index in [0.29, 0.717) is 12.8 Å². The summed E-state index contributed by atoms with van der Waals surface area (Å²) in [6.45, 7) is 0.645. The Kier molecular flexibility index (Phi) is 5.25. The Labute approximate surface area is 105 Å². The highest BCUT2D eigenvalue weighted by Gasteiger charge is 2.29. The molecule has 0 bridgehead atoms. The van der Waals surface area contributed by atoms with Gasteiger partial charge in [-0.1, -0.05) is 12.1 Å². The van der Waals surface area contributed by atoms with Gasteiger partial charge >= 0.3 is 0 Å². The van der Waals surface area contributed by atoms with Gasteiger partial charge in [-0.2, -0.15) is 0 Å². The van der Waals surface area contributed by atoms with E-state index in [2.05, 4.69) is 5.32 Å². The molecule has 0 aliphatic heterocycles. The predicted octanol–water partition coefficient (Wildman–Crippen LogP) is 0.618. The molecule has 1 aromatic carbocycles. The predicted molar refractivity (Wildman–Crippen MR) is 65.4 cm³/mol. The molecule has 18 heavy (non-hydrogen) atoms. The molecule has 0 heterocycles. The van der Waals surface area contributed by atoms with Crippen molar-refractivity contribution in [3.8, 4) is 0 Å². The smallest absolute Gasteiger partial charge is 0.217 e. The molecule has 0 saturated carbocycles. The number of carbonyl (C=O) groups excluding carboxylic acids is 1. The van der Waals surface area contributed by atoms with E-state index >= 15 is 0 Å². The quantitative estimate of drug-likeness (QED) is 0.698. The zero-order valence-corrected chi connectivity index (χ0v) is 10.3. The van der Waals surface area contributed by atoms with Gasteiger partial charge in [0.25, 0.3) is 0 Å². The Morgan fingerprint density at radius 3 is 2.28 bits per heavy atom. The molecule has 5 heteroatoms. The summed E-state index contributed by atoms with van der Waals surface area (Å²) in [6, 6.07) is 5.99. The molecular formula is C13H18FNO3. The Morgan fingerprint density at radius 2 is 1.83 bits per heavy atom. The first-order valence-corrected chi connectivity index (χ1v) is 5.76. The molecular weight excluding hydrogens is 237 g/mol. The number of hydrogen-bond donors (Lipinski definition) is 3. The van der Waals surface area contributed by atoms with Crippen molar-refractivity contribution in [2.45, 2.75) is 25.3 Å². The lowest BCUT2D eigenvalue weighted by Crippen LogP contribution is -2.53. The molecule has 1 aromatic rings. The highest BCUT2D eigenvalue weighted by atomic mass is 19.1. The topological polar surface area (TPSA) is 69.6 Å². The third kappa shape index (κ3) is 4.09. The van der Waals surface area contributed by atoms with E-state index in [1.54, 1.807) is 12.1 Å². The average molecular weight is 255 g/mol. The molecule has 0 aliphatic rings. The zero-order chi connectivity index (χ0) is 13.6. The van der Waals surface area contributed by atoms with E-state index in [1.165, 1.54) is 19.1 Å². The van der Waals surface area contributed by atoms with E-state index in [4.69, 9.17) is 0 Å². The van der Waals surface area contributed by atoms with E-state index in [1.807, 2.05) is 0 Å². The van der Waals surface area contributed by atoms with Gasteiger partial charge in [0.1, 0.15) is 5.82 Å². The van der Waals surface area contributed by atoms with Crippen LogP contribution in [-0.2, 0) is 11.2 Å². The highest BCUT2D eigenvalue weighted by molar-refractivity contribution is 5.73. The third-order valence-corrected chi connectivity index (χ3v) is 2.85. The van der Waals surface area contributed by atoms with Gasteiger partial charge in [0.2, 0.25) is 5.91 Å². The Hall–Kier alpha value is -1.46. The minimum absolute atomic E-state index is 0.308. The van der Waals surface area contributed by atoms with Crippen LogP contribution in [0.25, 0.3) is 0 Å². The van der Waals surface area contributed by atoms with Crippen LogP contribution in [0.15, 0.2) is 24.3 Å². The van der Waals surface area contributed by atoms with E-state index in [9.17, 15) is 19.4 Å². The van der Waals surface area contributed by atoms with Gasteiger partial charge in [-0.05, 0) is 30.5 Å². The van der Waals surface area contributed by atoms with Crippen molar-refractivity contribution < 1.29 is 19.4 Å². The fourth-order valence-corrected chi connectivity index (χ4v) is 1.76. The minimum atomic E-state index is -1.03. The number of aliphatic hydroxyl groups excluding tert-OH is 2. The molecule has 0 atom stereocenters. The maximum Gasteiger partial charge on any atom is 0.217 e. The second-order valence-electron chi connectivity index (χ2n) is 4.40. The fraction of sp³-hybridized carbons (Fsp3) is 0.462. The standard InChI is InChI=1S/C13H18FNO3/c1-10(18)15-13(8-16,9-17)7-6-11-2-4-12(14)5-3-11/h2-5,16-17H,6-9H2,1H3,(H,15,18). The number of aryl methyl sites for hydroxylation is 1. The molecule has 0 aliphatic carbocycles. The molecule has 1 amide bonds. The lowest BCUT2D eigenvalue weighted by molar-refractivity contribution is -0.122. The molecule has 0 fully saturated rings. The van der Waals surface area contributed by atoms with Crippen molar-refractivity contribution in [3.05, 3.63) is 35.6 Å². The van der Waals surface area contributed by atoms with Gasteiger partial charge in [-0.3, -0.25) is 4.79 Å². The second-order valence-corrected chi connectivity index (χ2v) is 4.40. The minimum Gasteiger partial charge on any atom is -0.394 e. The summed E-state index contributed by atoms with van der Waals surface area (Å²) in [4.78, 5) is 11.1. The first kappa shape index (κ1) is 14.6. The SMILES string of the molecule is CC(=O)NC(CO)(CO)CCc1ccc(F)cc1. The third-order valence-electron chi connectivity index (χ3n) is 2.85. The summed E-state index contributed by atoms with van der Waals surface area (Å²) >= 11 is 0. The fourth-order valence-electron chi connectivity index (χ4n) is 1.76. The first-order valence-electron chi connectivity index (χ1n) is 5.76. The van der Waals surface area contributed by atoms with E-state index in [0.717, 1.165) is 5.56 Å².